The Morgan fingerprint density at radius 1 is 0.422 bits per heavy atom. The first-order valence-electron chi connectivity index (χ1n) is 15.4. The van der Waals surface area contributed by atoms with Crippen molar-refractivity contribution in [2.45, 2.75) is 0 Å². The number of hydrogen-bond donors (Lipinski definition) is 0. The second-order valence-corrected chi connectivity index (χ2v) is 11.8. The summed E-state index contributed by atoms with van der Waals surface area (Å²) in [7, 11) is 0. The quantitative estimate of drug-likeness (QED) is 0.205. The number of aromatic nitrogens is 1. The van der Waals surface area contributed by atoms with Crippen molar-refractivity contribution in [3.63, 3.8) is 0 Å². The molecule has 0 amide bonds. The summed E-state index contributed by atoms with van der Waals surface area (Å²) in [5.41, 5.74) is 11.2. The van der Waals surface area contributed by atoms with E-state index in [2.05, 4.69) is 155 Å². The molecule has 3 nitrogen and oxygen atoms in total. The lowest BCUT2D eigenvalue weighted by Gasteiger charge is -2.26. The lowest BCUT2D eigenvalue weighted by molar-refractivity contribution is 0.669. The third kappa shape index (κ3) is 3.52. The molecule has 0 saturated heterocycles. The Balaban J connectivity index is 1.25. The standard InChI is InChI=1S/C42H26N2O/c1-2-13-32-27(10-1)20-21-30-26-41-43(37-17-6-3-14-33(37)34-15-4-7-18-38(34)44(41)42(30)32)31-12-9-11-28(24-31)29-22-23-40-36(25-29)35-16-5-8-19-39(35)45-40/h1-26H. The molecule has 210 valence electrons. The Morgan fingerprint density at radius 2 is 1.11 bits per heavy atom. The van der Waals surface area contributed by atoms with Gasteiger partial charge in [-0.25, -0.2) is 0 Å². The molecule has 0 radical (unpaired) electrons. The minimum absolute atomic E-state index is 0.909. The van der Waals surface area contributed by atoms with Gasteiger partial charge in [-0.05, 0) is 65.0 Å². The summed E-state index contributed by atoms with van der Waals surface area (Å²) in [6.07, 6.45) is 0. The average molecular weight is 575 g/mol. The third-order valence-electron chi connectivity index (χ3n) is 9.29. The highest BCUT2D eigenvalue weighted by molar-refractivity contribution is 6.11. The van der Waals surface area contributed by atoms with Gasteiger partial charge in [0.15, 0.2) is 0 Å². The first-order valence-corrected chi connectivity index (χ1v) is 15.4. The predicted molar refractivity (Wildman–Crippen MR) is 187 cm³/mol. The van der Waals surface area contributed by atoms with E-state index in [-0.39, 0.29) is 0 Å². The van der Waals surface area contributed by atoms with Gasteiger partial charge < -0.3 is 4.42 Å². The number of anilines is 3. The van der Waals surface area contributed by atoms with Crippen molar-refractivity contribution in [3.8, 4) is 27.9 Å². The number of benzene rings is 7. The monoisotopic (exact) mass is 574 g/mol. The maximum atomic E-state index is 6.13. The molecule has 0 saturated carbocycles. The highest BCUT2D eigenvalue weighted by Crippen LogP contribution is 2.50. The van der Waals surface area contributed by atoms with Crippen LogP contribution in [0.25, 0.3) is 71.6 Å². The van der Waals surface area contributed by atoms with Crippen molar-refractivity contribution in [2.24, 2.45) is 0 Å². The van der Waals surface area contributed by atoms with Crippen molar-refractivity contribution in [3.05, 3.63) is 158 Å². The molecule has 1 aliphatic heterocycles. The Hall–Kier alpha value is -6.06. The Labute approximate surface area is 259 Å². The second-order valence-electron chi connectivity index (χ2n) is 11.8. The van der Waals surface area contributed by atoms with Crippen LogP contribution in [-0.4, -0.2) is 4.57 Å². The fraction of sp³-hybridized carbons (Fsp3) is 0. The number of hydrogen-bond acceptors (Lipinski definition) is 2. The number of nitrogens with zero attached hydrogens (tertiary/aromatic N) is 2. The summed E-state index contributed by atoms with van der Waals surface area (Å²) in [5, 5.41) is 5.98. The van der Waals surface area contributed by atoms with Crippen LogP contribution in [0.4, 0.5) is 17.2 Å². The van der Waals surface area contributed by atoms with Gasteiger partial charge in [0.2, 0.25) is 0 Å². The third-order valence-corrected chi connectivity index (χ3v) is 9.29. The van der Waals surface area contributed by atoms with Crippen LogP contribution in [0.1, 0.15) is 0 Å². The fourth-order valence-corrected chi connectivity index (χ4v) is 7.28. The highest BCUT2D eigenvalue weighted by atomic mass is 16.3. The molecule has 10 rings (SSSR count). The van der Waals surface area contributed by atoms with E-state index in [1.54, 1.807) is 0 Å². The highest BCUT2D eigenvalue weighted by Gasteiger charge is 2.28. The zero-order valence-corrected chi connectivity index (χ0v) is 24.3. The van der Waals surface area contributed by atoms with Gasteiger partial charge in [-0.3, -0.25) is 9.47 Å². The average Bonchev–Trinajstić information content (AvgIpc) is 3.64. The van der Waals surface area contributed by atoms with Crippen LogP contribution < -0.4 is 4.90 Å². The van der Waals surface area contributed by atoms with Crippen LogP contribution in [0.3, 0.4) is 0 Å². The molecule has 9 aromatic rings. The Kier molecular flexibility index (Phi) is 5.00. The van der Waals surface area contributed by atoms with Crippen LogP contribution in [0.5, 0.6) is 0 Å². The van der Waals surface area contributed by atoms with E-state index in [9.17, 15) is 0 Å². The lowest BCUT2D eigenvalue weighted by atomic mass is 9.99. The van der Waals surface area contributed by atoms with Crippen LogP contribution in [0, 0.1) is 0 Å². The molecular formula is C42H26N2O. The minimum Gasteiger partial charge on any atom is -0.456 e. The van der Waals surface area contributed by atoms with E-state index in [4.69, 9.17) is 4.42 Å². The van der Waals surface area contributed by atoms with Crippen LogP contribution in [0.2, 0.25) is 0 Å². The van der Waals surface area contributed by atoms with E-state index in [1.165, 1.54) is 38.5 Å². The van der Waals surface area contributed by atoms with Gasteiger partial charge in [0.1, 0.15) is 17.0 Å². The van der Waals surface area contributed by atoms with Crippen molar-refractivity contribution in [2.75, 3.05) is 4.90 Å². The maximum absolute atomic E-state index is 6.13. The number of rotatable bonds is 2. The largest absolute Gasteiger partial charge is 0.456 e. The summed E-state index contributed by atoms with van der Waals surface area (Å²) >= 11 is 0. The lowest BCUT2D eigenvalue weighted by Crippen LogP contribution is -2.13. The molecule has 3 heteroatoms. The maximum Gasteiger partial charge on any atom is 0.135 e. The Morgan fingerprint density at radius 3 is 2.02 bits per heavy atom. The summed E-state index contributed by atoms with van der Waals surface area (Å²) in [6.45, 7) is 0. The smallest absolute Gasteiger partial charge is 0.135 e. The van der Waals surface area contributed by atoms with E-state index in [0.29, 0.717) is 0 Å². The molecule has 7 aromatic carbocycles. The van der Waals surface area contributed by atoms with Gasteiger partial charge in [-0.1, -0.05) is 109 Å². The molecule has 0 fully saturated rings. The SMILES string of the molecule is c1cc(-c2ccc3oc4ccccc4c3c2)cc(N2c3ccccc3-c3ccccc3-n3c2cc2ccc4ccccc4c23)c1. The van der Waals surface area contributed by atoms with Crippen LogP contribution >= 0.6 is 0 Å². The molecule has 0 bridgehead atoms. The van der Waals surface area contributed by atoms with Gasteiger partial charge in [0.05, 0.1) is 16.9 Å². The fourth-order valence-electron chi connectivity index (χ4n) is 7.28. The van der Waals surface area contributed by atoms with Crippen LogP contribution in [0.15, 0.2) is 162 Å². The van der Waals surface area contributed by atoms with Gasteiger partial charge in [0.25, 0.3) is 0 Å². The molecule has 45 heavy (non-hydrogen) atoms. The number of fused-ring (bicyclic) bond motifs is 12. The first-order chi connectivity index (χ1) is 22.3. The van der Waals surface area contributed by atoms with Gasteiger partial charge in [0, 0.05) is 38.4 Å². The molecule has 1 aliphatic rings. The van der Waals surface area contributed by atoms with Gasteiger partial charge >= 0.3 is 0 Å². The van der Waals surface area contributed by atoms with E-state index in [1.807, 2.05) is 12.1 Å². The van der Waals surface area contributed by atoms with E-state index in [0.717, 1.165) is 50.3 Å². The minimum atomic E-state index is 0.909. The van der Waals surface area contributed by atoms with Gasteiger partial charge in [-0.15, -0.1) is 0 Å². The molecule has 3 heterocycles. The van der Waals surface area contributed by atoms with E-state index >= 15 is 0 Å². The summed E-state index contributed by atoms with van der Waals surface area (Å²) in [5.74, 6) is 1.12. The van der Waals surface area contributed by atoms with Crippen molar-refractivity contribution >= 4 is 60.8 Å². The summed E-state index contributed by atoms with van der Waals surface area (Å²) < 4.78 is 8.59. The summed E-state index contributed by atoms with van der Waals surface area (Å²) in [6, 6.07) is 56.8. The zero-order valence-electron chi connectivity index (χ0n) is 24.3. The normalized spacial score (nSPS) is 12.4. The number of furan rings is 1. The molecule has 2 aromatic heterocycles. The number of para-hydroxylation sites is 3. The van der Waals surface area contributed by atoms with Crippen molar-refractivity contribution < 1.29 is 4.42 Å². The Bertz CT molecular complexity index is 2620. The molecule has 0 N–H and O–H groups in total. The molecule has 0 spiro atoms. The molecule has 0 atom stereocenters. The van der Waals surface area contributed by atoms with Gasteiger partial charge in [-0.2, -0.15) is 0 Å². The topological polar surface area (TPSA) is 21.3 Å². The summed E-state index contributed by atoms with van der Waals surface area (Å²) in [4.78, 5) is 2.43. The van der Waals surface area contributed by atoms with E-state index < -0.39 is 0 Å². The zero-order chi connectivity index (χ0) is 29.5. The second kappa shape index (κ2) is 9.22. The molecule has 0 unspecified atom stereocenters. The predicted octanol–water partition coefficient (Wildman–Crippen LogP) is 11.8. The van der Waals surface area contributed by atoms with Crippen molar-refractivity contribution in [1.82, 2.24) is 4.57 Å². The molecule has 0 aliphatic carbocycles. The first kappa shape index (κ1) is 24.4. The van der Waals surface area contributed by atoms with Crippen LogP contribution in [-0.2, 0) is 0 Å². The van der Waals surface area contributed by atoms with Crippen molar-refractivity contribution in [1.29, 1.82) is 0 Å². The molecular weight excluding hydrogens is 548 g/mol.